The largest absolute Gasteiger partial charge is 0.355 e. The van der Waals surface area contributed by atoms with Gasteiger partial charge < -0.3 is 14.8 Å². The van der Waals surface area contributed by atoms with Gasteiger partial charge in [-0.25, -0.2) is 4.98 Å². The molecule has 0 amide bonds. The van der Waals surface area contributed by atoms with Gasteiger partial charge in [-0.05, 0) is 13.3 Å². The first-order chi connectivity index (χ1) is 7.34. The van der Waals surface area contributed by atoms with Gasteiger partial charge in [0, 0.05) is 24.2 Å². The fourth-order valence-electron chi connectivity index (χ4n) is 1.51. The minimum atomic E-state index is 0.299. The van der Waals surface area contributed by atoms with Crippen molar-refractivity contribution in [2.45, 2.75) is 26.0 Å². The molecule has 0 aliphatic carbocycles. The third-order valence-corrected chi connectivity index (χ3v) is 3.22. The molecule has 1 aliphatic rings. The molecule has 0 spiro atoms. The van der Waals surface area contributed by atoms with Crippen LogP contribution >= 0.6 is 11.3 Å². The van der Waals surface area contributed by atoms with Crippen molar-refractivity contribution in [2.75, 3.05) is 19.9 Å². The first-order valence-corrected chi connectivity index (χ1v) is 5.97. The molecule has 1 aromatic heterocycles. The average Bonchev–Trinajstić information content (AvgIpc) is 2.66. The van der Waals surface area contributed by atoms with Crippen molar-refractivity contribution < 1.29 is 9.47 Å². The van der Waals surface area contributed by atoms with E-state index in [0.29, 0.717) is 12.9 Å². The van der Waals surface area contributed by atoms with E-state index in [9.17, 15) is 0 Å². The number of ether oxygens (including phenoxy) is 2. The number of rotatable bonds is 4. The third-order valence-electron chi connectivity index (χ3n) is 2.31. The van der Waals surface area contributed by atoms with Crippen LogP contribution < -0.4 is 5.32 Å². The molecule has 84 valence electrons. The second-order valence-corrected chi connectivity index (χ2v) is 4.90. The summed E-state index contributed by atoms with van der Waals surface area (Å²) in [7, 11) is 0. The molecule has 15 heavy (non-hydrogen) atoms. The fraction of sp³-hybridized carbons (Fsp3) is 0.700. The van der Waals surface area contributed by atoms with Gasteiger partial charge in [0.1, 0.15) is 6.79 Å². The highest BCUT2D eigenvalue weighted by atomic mass is 32.1. The lowest BCUT2D eigenvalue weighted by molar-refractivity contribution is -0.137. The first-order valence-electron chi connectivity index (χ1n) is 5.16. The summed E-state index contributed by atoms with van der Waals surface area (Å²) in [6.45, 7) is 5.04. The van der Waals surface area contributed by atoms with Gasteiger partial charge in [0.25, 0.3) is 0 Å². The number of hydrogen-bond acceptors (Lipinski definition) is 5. The Labute approximate surface area is 93.6 Å². The van der Waals surface area contributed by atoms with Gasteiger partial charge >= 0.3 is 0 Å². The zero-order chi connectivity index (χ0) is 10.5. The molecule has 1 saturated heterocycles. The van der Waals surface area contributed by atoms with Crippen LogP contribution in [0.2, 0.25) is 0 Å². The molecule has 0 bridgehead atoms. The SMILES string of the molecule is Cc1ncc(CNCC2CCOCO2)s1. The van der Waals surface area contributed by atoms with Crippen LogP contribution in [0.25, 0.3) is 0 Å². The lowest BCUT2D eigenvalue weighted by Crippen LogP contribution is -2.33. The van der Waals surface area contributed by atoms with Crippen LogP contribution in [0.3, 0.4) is 0 Å². The van der Waals surface area contributed by atoms with Crippen LogP contribution in [-0.4, -0.2) is 31.0 Å². The molecule has 5 heteroatoms. The Kier molecular flexibility index (Phi) is 4.08. The maximum absolute atomic E-state index is 5.42. The maximum atomic E-state index is 5.42. The van der Waals surface area contributed by atoms with Crippen molar-refractivity contribution in [3.8, 4) is 0 Å². The van der Waals surface area contributed by atoms with Crippen LogP contribution in [0.1, 0.15) is 16.3 Å². The molecule has 1 aliphatic heterocycles. The first kappa shape index (κ1) is 11.0. The van der Waals surface area contributed by atoms with Crippen LogP contribution in [0, 0.1) is 6.92 Å². The molecule has 4 nitrogen and oxygen atoms in total. The van der Waals surface area contributed by atoms with Crippen LogP contribution in [0.15, 0.2) is 6.20 Å². The normalized spacial score (nSPS) is 21.8. The Morgan fingerprint density at radius 1 is 1.67 bits per heavy atom. The number of hydrogen-bond donors (Lipinski definition) is 1. The summed E-state index contributed by atoms with van der Waals surface area (Å²) in [6.07, 6.45) is 3.21. The molecule has 2 rings (SSSR count). The monoisotopic (exact) mass is 228 g/mol. The summed E-state index contributed by atoms with van der Waals surface area (Å²) in [5, 5.41) is 4.49. The number of aromatic nitrogens is 1. The zero-order valence-corrected chi connectivity index (χ0v) is 9.68. The highest BCUT2D eigenvalue weighted by Crippen LogP contribution is 2.11. The highest BCUT2D eigenvalue weighted by molar-refractivity contribution is 7.11. The van der Waals surface area contributed by atoms with E-state index in [0.717, 1.165) is 31.1 Å². The van der Waals surface area contributed by atoms with Crippen LogP contribution in [-0.2, 0) is 16.0 Å². The van der Waals surface area contributed by atoms with Gasteiger partial charge in [-0.3, -0.25) is 0 Å². The average molecular weight is 228 g/mol. The van der Waals surface area contributed by atoms with Gasteiger partial charge in [0.2, 0.25) is 0 Å². The Balaban J connectivity index is 1.65. The van der Waals surface area contributed by atoms with E-state index in [2.05, 4.69) is 10.3 Å². The molecular weight excluding hydrogens is 212 g/mol. The topological polar surface area (TPSA) is 43.4 Å². The smallest absolute Gasteiger partial charge is 0.147 e. The summed E-state index contributed by atoms with van der Waals surface area (Å²) < 4.78 is 10.5. The molecule has 2 heterocycles. The van der Waals surface area contributed by atoms with Crippen molar-refractivity contribution >= 4 is 11.3 Å². The van der Waals surface area contributed by atoms with Gasteiger partial charge in [0.05, 0.1) is 17.7 Å². The van der Waals surface area contributed by atoms with Gasteiger partial charge in [0.15, 0.2) is 0 Å². The predicted octanol–water partition coefficient (Wildman–Crippen LogP) is 1.30. The zero-order valence-electron chi connectivity index (χ0n) is 8.86. The number of thiazole rings is 1. The summed E-state index contributed by atoms with van der Waals surface area (Å²) >= 11 is 1.74. The molecule has 1 fully saturated rings. The minimum Gasteiger partial charge on any atom is -0.355 e. The summed E-state index contributed by atoms with van der Waals surface area (Å²) in [5.41, 5.74) is 0. The molecule has 1 aromatic rings. The second kappa shape index (κ2) is 5.55. The standard InChI is InChI=1S/C10H16N2O2S/c1-8-12-6-10(15-8)5-11-4-9-2-3-13-7-14-9/h6,9,11H,2-5,7H2,1H3. The number of aryl methyl sites for hydroxylation is 1. The molecule has 1 N–H and O–H groups in total. The Hall–Kier alpha value is -0.490. The van der Waals surface area contributed by atoms with E-state index >= 15 is 0 Å². The summed E-state index contributed by atoms with van der Waals surface area (Å²) in [6, 6.07) is 0. The molecule has 1 atom stereocenters. The quantitative estimate of drug-likeness (QED) is 0.843. The minimum absolute atomic E-state index is 0.299. The van der Waals surface area contributed by atoms with Gasteiger partial charge in [-0.15, -0.1) is 11.3 Å². The lowest BCUT2D eigenvalue weighted by Gasteiger charge is -2.22. The van der Waals surface area contributed by atoms with E-state index < -0.39 is 0 Å². The predicted molar refractivity (Wildman–Crippen MR) is 58.9 cm³/mol. The van der Waals surface area contributed by atoms with Crippen molar-refractivity contribution in [1.82, 2.24) is 10.3 Å². The summed E-state index contributed by atoms with van der Waals surface area (Å²) in [5.74, 6) is 0. The summed E-state index contributed by atoms with van der Waals surface area (Å²) in [4.78, 5) is 5.49. The van der Waals surface area contributed by atoms with Crippen molar-refractivity contribution in [3.63, 3.8) is 0 Å². The van der Waals surface area contributed by atoms with E-state index in [1.54, 1.807) is 11.3 Å². The molecule has 0 saturated carbocycles. The van der Waals surface area contributed by atoms with Crippen molar-refractivity contribution in [3.05, 3.63) is 16.1 Å². The lowest BCUT2D eigenvalue weighted by atomic mass is 10.2. The molecule has 1 unspecified atom stereocenters. The fourth-order valence-corrected chi connectivity index (χ4v) is 2.27. The second-order valence-electron chi connectivity index (χ2n) is 3.58. The molecular formula is C10H16N2O2S. The van der Waals surface area contributed by atoms with E-state index in [-0.39, 0.29) is 0 Å². The highest BCUT2D eigenvalue weighted by Gasteiger charge is 2.13. The van der Waals surface area contributed by atoms with E-state index in [1.807, 2.05) is 13.1 Å². The van der Waals surface area contributed by atoms with Crippen LogP contribution in [0.4, 0.5) is 0 Å². The third kappa shape index (κ3) is 3.53. The number of nitrogens with one attached hydrogen (secondary N) is 1. The maximum Gasteiger partial charge on any atom is 0.147 e. The van der Waals surface area contributed by atoms with E-state index in [1.165, 1.54) is 4.88 Å². The van der Waals surface area contributed by atoms with Crippen LogP contribution in [0.5, 0.6) is 0 Å². The van der Waals surface area contributed by atoms with Crippen molar-refractivity contribution in [1.29, 1.82) is 0 Å². The van der Waals surface area contributed by atoms with Gasteiger partial charge in [-0.1, -0.05) is 0 Å². The molecule has 0 radical (unpaired) electrons. The van der Waals surface area contributed by atoms with Gasteiger partial charge in [-0.2, -0.15) is 0 Å². The Morgan fingerprint density at radius 3 is 3.27 bits per heavy atom. The Morgan fingerprint density at radius 2 is 2.60 bits per heavy atom. The van der Waals surface area contributed by atoms with E-state index in [4.69, 9.17) is 9.47 Å². The van der Waals surface area contributed by atoms with Crippen molar-refractivity contribution in [2.24, 2.45) is 0 Å². The Bertz CT molecular complexity index is 297. The molecule has 0 aromatic carbocycles. The number of nitrogens with zero attached hydrogens (tertiary/aromatic N) is 1.